The Morgan fingerprint density at radius 3 is 2.38 bits per heavy atom. The molecule has 0 unspecified atom stereocenters. The number of rotatable bonds is 6. The summed E-state index contributed by atoms with van der Waals surface area (Å²) in [6.45, 7) is 5.43. The fourth-order valence-electron chi connectivity index (χ4n) is 3.79. The first-order valence-electron chi connectivity index (χ1n) is 11.6. The zero-order valence-corrected chi connectivity index (χ0v) is 25.0. The predicted molar refractivity (Wildman–Crippen MR) is 157 cm³/mol. The van der Waals surface area contributed by atoms with Crippen molar-refractivity contribution in [3.8, 4) is 5.75 Å². The van der Waals surface area contributed by atoms with E-state index < -0.39 is 17.8 Å². The number of nitrogens with one attached hydrogen (secondary N) is 2. The van der Waals surface area contributed by atoms with Gasteiger partial charge in [-0.1, -0.05) is 29.8 Å². The zero-order valence-electron chi connectivity index (χ0n) is 21.0. The second-order valence-corrected chi connectivity index (χ2v) is 10.9. The minimum Gasteiger partial charge on any atom is -0.481 e. The maximum atomic E-state index is 13.2. The van der Waals surface area contributed by atoms with Crippen LogP contribution in [0.1, 0.15) is 22.3 Å². The van der Waals surface area contributed by atoms with Gasteiger partial charge in [-0.15, -0.1) is 0 Å². The van der Waals surface area contributed by atoms with E-state index in [1.54, 1.807) is 31.2 Å². The SMILES string of the molecule is Cc1ccc(N2C(=O)NC(=O)/C(=C\c3cc(Br)c(OCC(=O)Nc4cccc(C)c4C)c(Br)c3)C2=O)cc1Cl. The molecule has 4 rings (SSSR count). The van der Waals surface area contributed by atoms with Gasteiger partial charge in [0.15, 0.2) is 6.61 Å². The van der Waals surface area contributed by atoms with Crippen molar-refractivity contribution in [1.29, 1.82) is 0 Å². The van der Waals surface area contributed by atoms with Gasteiger partial charge in [0.05, 0.1) is 14.6 Å². The third-order valence-corrected chi connectivity index (χ3v) is 7.66. The molecule has 1 aliphatic rings. The predicted octanol–water partition coefficient (Wildman–Crippen LogP) is 6.47. The fourth-order valence-corrected chi connectivity index (χ4v) is 5.42. The van der Waals surface area contributed by atoms with Crippen molar-refractivity contribution in [1.82, 2.24) is 5.32 Å². The number of urea groups is 1. The van der Waals surface area contributed by atoms with Gasteiger partial charge in [-0.25, -0.2) is 9.69 Å². The van der Waals surface area contributed by atoms with Crippen LogP contribution >= 0.6 is 43.5 Å². The molecule has 5 amide bonds. The number of hydrogen-bond acceptors (Lipinski definition) is 5. The molecule has 0 aromatic heterocycles. The first kappa shape index (κ1) is 28.5. The van der Waals surface area contributed by atoms with Crippen LogP contribution < -0.4 is 20.3 Å². The van der Waals surface area contributed by atoms with Crippen molar-refractivity contribution in [2.24, 2.45) is 0 Å². The van der Waals surface area contributed by atoms with Crippen molar-refractivity contribution >= 4 is 84.7 Å². The number of halogens is 3. The highest BCUT2D eigenvalue weighted by Gasteiger charge is 2.37. The largest absolute Gasteiger partial charge is 0.481 e. The lowest BCUT2D eigenvalue weighted by molar-refractivity contribution is -0.122. The Balaban J connectivity index is 1.53. The van der Waals surface area contributed by atoms with Crippen molar-refractivity contribution in [3.05, 3.63) is 90.3 Å². The molecular formula is C28H22Br2ClN3O5. The molecular weight excluding hydrogens is 654 g/mol. The van der Waals surface area contributed by atoms with Crippen LogP contribution in [0.25, 0.3) is 6.08 Å². The molecule has 0 spiro atoms. The molecule has 1 fully saturated rings. The average molecular weight is 676 g/mol. The quantitative estimate of drug-likeness (QED) is 0.230. The molecule has 1 aliphatic heterocycles. The molecule has 11 heteroatoms. The van der Waals surface area contributed by atoms with E-state index in [-0.39, 0.29) is 23.8 Å². The number of carbonyl (C=O) groups is 4. The van der Waals surface area contributed by atoms with Gasteiger partial charge in [-0.05, 0) is 111 Å². The Hall–Kier alpha value is -3.47. The van der Waals surface area contributed by atoms with Crippen LogP contribution in [0.4, 0.5) is 16.2 Å². The first-order valence-corrected chi connectivity index (χ1v) is 13.6. The number of hydrogen-bond donors (Lipinski definition) is 2. The normalized spacial score (nSPS) is 14.5. The summed E-state index contributed by atoms with van der Waals surface area (Å²) in [6.07, 6.45) is 1.36. The van der Waals surface area contributed by atoms with Crippen molar-refractivity contribution in [2.75, 3.05) is 16.8 Å². The van der Waals surface area contributed by atoms with Crippen LogP contribution in [0.2, 0.25) is 5.02 Å². The van der Waals surface area contributed by atoms with Gasteiger partial charge in [-0.2, -0.15) is 0 Å². The number of anilines is 2. The molecule has 200 valence electrons. The van der Waals surface area contributed by atoms with Gasteiger partial charge in [0.25, 0.3) is 17.7 Å². The summed E-state index contributed by atoms with van der Waals surface area (Å²) < 4.78 is 6.68. The van der Waals surface area contributed by atoms with Crippen LogP contribution in [-0.2, 0) is 14.4 Å². The van der Waals surface area contributed by atoms with Crippen LogP contribution in [0.3, 0.4) is 0 Å². The van der Waals surface area contributed by atoms with E-state index in [1.165, 1.54) is 12.1 Å². The van der Waals surface area contributed by atoms with Gasteiger partial charge in [0.1, 0.15) is 11.3 Å². The zero-order chi connectivity index (χ0) is 28.4. The minimum atomic E-state index is -0.868. The molecule has 2 N–H and O–H groups in total. The van der Waals surface area contributed by atoms with Crippen LogP contribution in [0.5, 0.6) is 5.75 Å². The number of amides is 5. The third kappa shape index (κ3) is 6.24. The lowest BCUT2D eigenvalue weighted by atomic mass is 10.1. The van der Waals surface area contributed by atoms with E-state index in [2.05, 4.69) is 42.5 Å². The summed E-state index contributed by atoms with van der Waals surface area (Å²) in [4.78, 5) is 51.6. The first-order chi connectivity index (χ1) is 18.5. The van der Waals surface area contributed by atoms with E-state index in [0.717, 1.165) is 21.6 Å². The molecule has 1 saturated heterocycles. The van der Waals surface area contributed by atoms with Gasteiger partial charge in [0, 0.05) is 10.7 Å². The molecule has 3 aromatic carbocycles. The van der Waals surface area contributed by atoms with Crippen molar-refractivity contribution in [2.45, 2.75) is 20.8 Å². The smallest absolute Gasteiger partial charge is 0.335 e. The van der Waals surface area contributed by atoms with E-state index in [1.807, 2.05) is 32.0 Å². The van der Waals surface area contributed by atoms with Crippen LogP contribution in [0, 0.1) is 20.8 Å². The fraction of sp³-hybridized carbons (Fsp3) is 0.143. The number of barbiturate groups is 1. The highest BCUT2D eigenvalue weighted by molar-refractivity contribution is 9.11. The molecule has 0 saturated carbocycles. The summed E-state index contributed by atoms with van der Waals surface area (Å²) >= 11 is 13.0. The van der Waals surface area contributed by atoms with Crippen LogP contribution in [0.15, 0.2) is 63.0 Å². The monoisotopic (exact) mass is 673 g/mol. The summed E-state index contributed by atoms with van der Waals surface area (Å²) in [5.74, 6) is -1.59. The number of aryl methyl sites for hydroxylation is 2. The van der Waals surface area contributed by atoms with Crippen LogP contribution in [-0.4, -0.2) is 30.4 Å². The lowest BCUT2D eigenvalue weighted by Gasteiger charge is -2.26. The molecule has 8 nitrogen and oxygen atoms in total. The number of carbonyl (C=O) groups excluding carboxylic acids is 4. The topological polar surface area (TPSA) is 105 Å². The Morgan fingerprint density at radius 2 is 1.72 bits per heavy atom. The lowest BCUT2D eigenvalue weighted by Crippen LogP contribution is -2.54. The highest BCUT2D eigenvalue weighted by atomic mass is 79.9. The minimum absolute atomic E-state index is 0.233. The Labute approximate surface area is 246 Å². The summed E-state index contributed by atoms with van der Waals surface area (Å²) in [5, 5.41) is 5.40. The highest BCUT2D eigenvalue weighted by Crippen LogP contribution is 2.36. The van der Waals surface area contributed by atoms with E-state index in [4.69, 9.17) is 16.3 Å². The second kappa shape index (κ2) is 11.7. The third-order valence-electron chi connectivity index (χ3n) is 6.07. The Kier molecular flexibility index (Phi) is 8.58. The van der Waals surface area contributed by atoms with E-state index in [9.17, 15) is 19.2 Å². The van der Waals surface area contributed by atoms with Gasteiger partial charge in [-0.3, -0.25) is 19.7 Å². The van der Waals surface area contributed by atoms with Crippen molar-refractivity contribution < 1.29 is 23.9 Å². The second-order valence-electron chi connectivity index (χ2n) is 8.79. The summed E-state index contributed by atoms with van der Waals surface area (Å²) in [7, 11) is 0. The van der Waals surface area contributed by atoms with Gasteiger partial charge in [0.2, 0.25) is 0 Å². The summed E-state index contributed by atoms with van der Waals surface area (Å²) in [5.41, 5.74) is 3.97. The molecule has 0 radical (unpaired) electrons. The maximum absolute atomic E-state index is 13.2. The number of ether oxygens (including phenoxy) is 1. The molecule has 0 bridgehead atoms. The number of imide groups is 2. The maximum Gasteiger partial charge on any atom is 0.335 e. The average Bonchev–Trinajstić information content (AvgIpc) is 2.86. The number of nitrogens with zero attached hydrogens (tertiary/aromatic N) is 1. The Morgan fingerprint density at radius 1 is 1.03 bits per heavy atom. The molecule has 3 aromatic rings. The van der Waals surface area contributed by atoms with Gasteiger partial charge < -0.3 is 10.1 Å². The molecule has 1 heterocycles. The van der Waals surface area contributed by atoms with E-state index in [0.29, 0.717) is 31.0 Å². The number of benzene rings is 3. The standard InChI is InChI=1S/C28H22Br2ClN3O5/c1-14-5-4-6-23(16(14)3)32-24(35)13-39-25-20(29)10-17(11-21(25)30)9-19-26(36)33-28(38)34(27(19)37)18-8-7-15(2)22(31)12-18/h4-12H,13H2,1-3H3,(H,32,35)(H,33,36,38)/b19-9+. The van der Waals surface area contributed by atoms with Crippen molar-refractivity contribution in [3.63, 3.8) is 0 Å². The summed E-state index contributed by atoms with van der Waals surface area (Å²) in [6, 6.07) is 12.8. The Bertz CT molecular complexity index is 1550. The molecule has 0 aliphatic carbocycles. The molecule has 39 heavy (non-hydrogen) atoms. The van der Waals surface area contributed by atoms with E-state index >= 15 is 0 Å². The molecule has 0 atom stereocenters. The van der Waals surface area contributed by atoms with Gasteiger partial charge >= 0.3 is 6.03 Å².